The van der Waals surface area contributed by atoms with E-state index in [1.807, 2.05) is 6.92 Å². The maximum absolute atomic E-state index is 12.6. The van der Waals surface area contributed by atoms with Crippen LogP contribution in [0.4, 0.5) is 4.79 Å². The molecule has 110 valence electrons. The Labute approximate surface area is 120 Å². The van der Waals surface area contributed by atoms with E-state index in [9.17, 15) is 9.59 Å². The molecule has 1 aliphatic heterocycles. The Bertz CT molecular complexity index is 406. The van der Waals surface area contributed by atoms with E-state index in [1.54, 1.807) is 4.90 Å². The normalized spacial score (nSPS) is 46.8. The molecule has 4 nitrogen and oxygen atoms in total. The van der Waals surface area contributed by atoms with Gasteiger partial charge >= 0.3 is 6.03 Å². The first-order chi connectivity index (χ1) is 9.59. The Kier molecular flexibility index (Phi) is 2.67. The molecule has 4 bridgehead atoms. The summed E-state index contributed by atoms with van der Waals surface area (Å²) in [4.78, 5) is 26.7. The summed E-state index contributed by atoms with van der Waals surface area (Å²) >= 11 is 0. The van der Waals surface area contributed by atoms with E-state index < -0.39 is 0 Å². The van der Waals surface area contributed by atoms with Crippen LogP contribution in [0.25, 0.3) is 0 Å². The first-order valence-corrected chi connectivity index (χ1v) is 8.23. The van der Waals surface area contributed by atoms with Gasteiger partial charge in [0.25, 0.3) is 0 Å². The molecule has 5 rings (SSSR count). The largest absolute Gasteiger partial charge is 0.334 e. The fourth-order valence-corrected chi connectivity index (χ4v) is 5.77. The monoisotopic (exact) mass is 276 g/mol. The van der Waals surface area contributed by atoms with Gasteiger partial charge in [-0.25, -0.2) is 4.79 Å². The number of hydrogen-bond acceptors (Lipinski definition) is 2. The molecule has 1 unspecified atom stereocenters. The molecule has 5 fully saturated rings. The second-order valence-electron chi connectivity index (χ2n) is 7.63. The molecule has 0 aromatic carbocycles. The van der Waals surface area contributed by atoms with Gasteiger partial charge in [-0.3, -0.25) is 9.69 Å². The van der Waals surface area contributed by atoms with Gasteiger partial charge in [0.05, 0.1) is 5.54 Å². The minimum absolute atomic E-state index is 0.0418. The lowest BCUT2D eigenvalue weighted by molar-refractivity contribution is -0.145. The lowest BCUT2D eigenvalue weighted by Gasteiger charge is -2.60. The van der Waals surface area contributed by atoms with Gasteiger partial charge in [0.2, 0.25) is 5.91 Å². The molecule has 1 N–H and O–H groups in total. The van der Waals surface area contributed by atoms with Crippen molar-refractivity contribution in [1.82, 2.24) is 10.2 Å². The molecule has 0 radical (unpaired) electrons. The maximum atomic E-state index is 12.6. The minimum Gasteiger partial charge on any atom is -0.334 e. The van der Waals surface area contributed by atoms with Crippen LogP contribution in [0.2, 0.25) is 0 Å². The smallest absolute Gasteiger partial charge is 0.324 e. The lowest BCUT2D eigenvalue weighted by Crippen LogP contribution is -2.68. The molecule has 5 aliphatic rings. The van der Waals surface area contributed by atoms with E-state index in [0.717, 1.165) is 43.4 Å². The Balaban J connectivity index is 1.63. The highest BCUT2D eigenvalue weighted by Gasteiger charge is 2.57. The van der Waals surface area contributed by atoms with Crippen LogP contribution in [-0.2, 0) is 4.79 Å². The number of nitrogens with one attached hydrogen (secondary N) is 1. The second-order valence-corrected chi connectivity index (χ2v) is 7.63. The first-order valence-electron chi connectivity index (χ1n) is 8.23. The van der Waals surface area contributed by atoms with Crippen molar-refractivity contribution in [2.45, 2.75) is 69.9 Å². The van der Waals surface area contributed by atoms with Crippen molar-refractivity contribution in [3.63, 3.8) is 0 Å². The third-order valence-corrected chi connectivity index (χ3v) is 6.17. The zero-order chi connectivity index (χ0) is 13.9. The van der Waals surface area contributed by atoms with Crippen molar-refractivity contribution in [2.24, 2.45) is 17.8 Å². The van der Waals surface area contributed by atoms with Gasteiger partial charge in [0.1, 0.15) is 0 Å². The van der Waals surface area contributed by atoms with Gasteiger partial charge in [-0.05, 0) is 62.7 Å². The van der Waals surface area contributed by atoms with Gasteiger partial charge in [-0.1, -0.05) is 6.92 Å². The molecule has 3 amide bonds. The number of imide groups is 1. The molecule has 1 heterocycles. The van der Waals surface area contributed by atoms with Crippen LogP contribution in [0.1, 0.15) is 58.3 Å². The third-order valence-electron chi connectivity index (χ3n) is 6.17. The molecule has 4 saturated carbocycles. The summed E-state index contributed by atoms with van der Waals surface area (Å²) in [6.07, 6.45) is 8.52. The van der Waals surface area contributed by atoms with Crippen LogP contribution in [0.3, 0.4) is 0 Å². The highest BCUT2D eigenvalue weighted by molar-refractivity contribution is 5.98. The van der Waals surface area contributed by atoms with Crippen LogP contribution in [-0.4, -0.2) is 28.4 Å². The minimum atomic E-state index is -0.130. The highest BCUT2D eigenvalue weighted by Crippen LogP contribution is 2.58. The summed E-state index contributed by atoms with van der Waals surface area (Å²) in [6.45, 7) is 2.03. The van der Waals surface area contributed by atoms with Crippen molar-refractivity contribution >= 4 is 11.9 Å². The van der Waals surface area contributed by atoms with E-state index in [1.165, 1.54) is 19.3 Å². The number of rotatable bonds is 2. The van der Waals surface area contributed by atoms with Gasteiger partial charge in [-0.15, -0.1) is 0 Å². The fourth-order valence-electron chi connectivity index (χ4n) is 5.77. The summed E-state index contributed by atoms with van der Waals surface area (Å²) in [5, 5.41) is 3.04. The van der Waals surface area contributed by atoms with E-state index in [2.05, 4.69) is 5.32 Å². The molecule has 0 aromatic rings. The maximum Gasteiger partial charge on any atom is 0.324 e. The Hall–Kier alpha value is -1.06. The Morgan fingerprint density at radius 3 is 2.10 bits per heavy atom. The van der Waals surface area contributed by atoms with E-state index in [4.69, 9.17) is 0 Å². The summed E-state index contributed by atoms with van der Waals surface area (Å²) in [7, 11) is 0. The van der Waals surface area contributed by atoms with Crippen molar-refractivity contribution in [1.29, 1.82) is 0 Å². The highest BCUT2D eigenvalue weighted by atomic mass is 16.2. The zero-order valence-corrected chi connectivity index (χ0v) is 12.2. The molecule has 1 atom stereocenters. The van der Waals surface area contributed by atoms with Gasteiger partial charge in [0, 0.05) is 12.5 Å². The average Bonchev–Trinajstić information content (AvgIpc) is 2.35. The van der Waals surface area contributed by atoms with Crippen LogP contribution in [0, 0.1) is 17.8 Å². The fraction of sp³-hybridized carbons (Fsp3) is 0.875. The number of carbonyl (C=O) groups is 2. The predicted molar refractivity (Wildman–Crippen MR) is 75.0 cm³/mol. The average molecular weight is 276 g/mol. The summed E-state index contributed by atoms with van der Waals surface area (Å²) in [6, 6.07) is -0.0739. The molecule has 0 spiro atoms. The van der Waals surface area contributed by atoms with Crippen LogP contribution < -0.4 is 5.32 Å². The number of nitrogens with zero attached hydrogens (tertiary/aromatic N) is 1. The Morgan fingerprint density at radius 1 is 1.10 bits per heavy atom. The van der Waals surface area contributed by atoms with Crippen molar-refractivity contribution in [3.8, 4) is 0 Å². The SMILES string of the molecule is CCC1CC(=O)N(C23CC4CC(CC(C4)C2)C3)C(=O)N1. The molecule has 4 aliphatic carbocycles. The number of hydrogen-bond donors (Lipinski definition) is 1. The quantitative estimate of drug-likeness (QED) is 0.843. The Morgan fingerprint density at radius 2 is 1.65 bits per heavy atom. The van der Waals surface area contributed by atoms with Crippen molar-refractivity contribution in [3.05, 3.63) is 0 Å². The van der Waals surface area contributed by atoms with Crippen molar-refractivity contribution < 1.29 is 9.59 Å². The summed E-state index contributed by atoms with van der Waals surface area (Å²) < 4.78 is 0. The third kappa shape index (κ3) is 1.73. The van der Waals surface area contributed by atoms with E-state index in [0.29, 0.717) is 6.42 Å². The topological polar surface area (TPSA) is 49.4 Å². The molecule has 0 aromatic heterocycles. The number of carbonyl (C=O) groups excluding carboxylic acids is 2. The molecular weight excluding hydrogens is 252 g/mol. The summed E-state index contributed by atoms with van der Waals surface area (Å²) in [5.41, 5.74) is -0.130. The number of amides is 3. The predicted octanol–water partition coefficient (Wildman–Crippen LogP) is 2.68. The molecule has 4 heteroatoms. The van der Waals surface area contributed by atoms with Gasteiger partial charge < -0.3 is 5.32 Å². The number of urea groups is 1. The van der Waals surface area contributed by atoms with Gasteiger partial charge in [-0.2, -0.15) is 0 Å². The van der Waals surface area contributed by atoms with E-state index >= 15 is 0 Å². The van der Waals surface area contributed by atoms with Gasteiger partial charge in [0.15, 0.2) is 0 Å². The van der Waals surface area contributed by atoms with Crippen LogP contribution in [0.5, 0.6) is 0 Å². The zero-order valence-electron chi connectivity index (χ0n) is 12.2. The van der Waals surface area contributed by atoms with E-state index in [-0.39, 0.29) is 23.5 Å². The summed E-state index contributed by atoms with van der Waals surface area (Å²) in [5.74, 6) is 2.34. The molecular formula is C16H24N2O2. The van der Waals surface area contributed by atoms with Crippen molar-refractivity contribution in [2.75, 3.05) is 0 Å². The first kappa shape index (κ1) is 12.7. The standard InChI is InChI=1S/C16H24N2O2/c1-2-13-6-14(19)18(15(20)17-13)16-7-10-3-11(8-16)5-12(4-10)9-16/h10-13H,2-9H2,1H3,(H,17,20). The molecule has 20 heavy (non-hydrogen) atoms. The second kappa shape index (κ2) is 4.22. The van der Waals surface area contributed by atoms with Crippen LogP contribution in [0.15, 0.2) is 0 Å². The lowest BCUT2D eigenvalue weighted by atomic mass is 9.52. The van der Waals surface area contributed by atoms with Crippen LogP contribution >= 0.6 is 0 Å². The molecule has 1 saturated heterocycles.